The van der Waals surface area contributed by atoms with Gasteiger partial charge in [-0.1, -0.05) is 48.5 Å². The van der Waals surface area contributed by atoms with E-state index in [1.807, 2.05) is 30.3 Å². The van der Waals surface area contributed by atoms with Crippen LogP contribution in [0.5, 0.6) is 5.75 Å². The number of phenolic OH excluding ortho intramolecular Hbond substituents is 1. The van der Waals surface area contributed by atoms with Crippen molar-refractivity contribution in [3.63, 3.8) is 0 Å². The van der Waals surface area contributed by atoms with Gasteiger partial charge in [0.2, 0.25) is 5.91 Å². The molecule has 30 heavy (non-hydrogen) atoms. The van der Waals surface area contributed by atoms with E-state index in [-0.39, 0.29) is 12.3 Å². The Labute approximate surface area is 175 Å². The molecule has 3 aromatic rings. The molecular formula is C24H21N3O3. The predicted octanol–water partition coefficient (Wildman–Crippen LogP) is 3.00. The Morgan fingerprint density at radius 3 is 2.43 bits per heavy atom. The number of nitrogens with one attached hydrogen (secondary N) is 1. The number of hydrogen-bond donors (Lipinski definition) is 3. The van der Waals surface area contributed by atoms with E-state index in [2.05, 4.69) is 11.2 Å². The summed E-state index contributed by atoms with van der Waals surface area (Å²) >= 11 is 0. The van der Waals surface area contributed by atoms with Gasteiger partial charge in [-0.3, -0.25) is 14.5 Å². The van der Waals surface area contributed by atoms with Crippen molar-refractivity contribution in [3.8, 4) is 18.1 Å². The standard InChI is InChI=1S/C24H21N3O3/c1-2-22(29)27(20-12-7-13-21(28)15-20)23(18-10-6-11-19(25)14-18)24(30)26-16-17-8-4-3-5-9-17/h1,3-15,23,28H,16,25H2,(H,26,30). The molecule has 0 saturated heterocycles. The average molecular weight is 399 g/mol. The summed E-state index contributed by atoms with van der Waals surface area (Å²) in [6.07, 6.45) is 5.40. The number of aromatic hydroxyl groups is 1. The zero-order valence-corrected chi connectivity index (χ0v) is 16.2. The van der Waals surface area contributed by atoms with Crippen molar-refractivity contribution in [3.05, 3.63) is 90.0 Å². The first kappa shape index (κ1) is 20.5. The molecule has 0 aliphatic heterocycles. The number of amides is 2. The SMILES string of the molecule is C#CC(=O)N(c1cccc(O)c1)C(C(=O)NCc1ccccc1)c1cccc(N)c1. The lowest BCUT2D eigenvalue weighted by molar-refractivity contribution is -0.125. The van der Waals surface area contributed by atoms with Gasteiger partial charge in [0.15, 0.2) is 0 Å². The van der Waals surface area contributed by atoms with Crippen LogP contribution in [-0.2, 0) is 16.1 Å². The van der Waals surface area contributed by atoms with Gasteiger partial charge >= 0.3 is 5.91 Å². The highest BCUT2D eigenvalue weighted by molar-refractivity contribution is 6.09. The zero-order chi connectivity index (χ0) is 21.5. The van der Waals surface area contributed by atoms with Gasteiger partial charge in [-0.25, -0.2) is 0 Å². The maximum Gasteiger partial charge on any atom is 0.303 e. The van der Waals surface area contributed by atoms with E-state index in [4.69, 9.17) is 12.2 Å². The van der Waals surface area contributed by atoms with E-state index in [0.29, 0.717) is 16.9 Å². The van der Waals surface area contributed by atoms with Crippen LogP contribution >= 0.6 is 0 Å². The molecule has 2 amide bonds. The highest BCUT2D eigenvalue weighted by atomic mass is 16.3. The van der Waals surface area contributed by atoms with Gasteiger partial charge in [0, 0.05) is 24.0 Å². The molecule has 0 saturated carbocycles. The van der Waals surface area contributed by atoms with Crippen molar-refractivity contribution in [2.75, 3.05) is 10.6 Å². The Hall–Kier alpha value is -4.24. The van der Waals surface area contributed by atoms with Gasteiger partial charge in [-0.2, -0.15) is 0 Å². The Balaban J connectivity index is 2.03. The summed E-state index contributed by atoms with van der Waals surface area (Å²) < 4.78 is 0. The van der Waals surface area contributed by atoms with Crippen LogP contribution < -0.4 is 16.0 Å². The fourth-order valence-corrected chi connectivity index (χ4v) is 3.12. The third-order valence-corrected chi connectivity index (χ3v) is 4.49. The van der Waals surface area contributed by atoms with Gasteiger partial charge < -0.3 is 16.2 Å². The second-order valence-electron chi connectivity index (χ2n) is 6.62. The Morgan fingerprint density at radius 1 is 1.03 bits per heavy atom. The zero-order valence-electron chi connectivity index (χ0n) is 16.2. The largest absolute Gasteiger partial charge is 0.508 e. The molecule has 0 aliphatic carbocycles. The van der Waals surface area contributed by atoms with Crippen LogP contribution in [0.2, 0.25) is 0 Å². The van der Waals surface area contributed by atoms with Crippen molar-refractivity contribution >= 4 is 23.2 Å². The normalized spacial score (nSPS) is 11.2. The number of nitrogens with two attached hydrogens (primary N) is 1. The third kappa shape index (κ3) is 4.78. The summed E-state index contributed by atoms with van der Waals surface area (Å²) in [5.74, 6) is 0.860. The molecule has 0 fully saturated rings. The summed E-state index contributed by atoms with van der Waals surface area (Å²) in [5, 5.41) is 12.7. The Morgan fingerprint density at radius 2 is 1.77 bits per heavy atom. The molecule has 0 aromatic heterocycles. The smallest absolute Gasteiger partial charge is 0.303 e. The maximum atomic E-state index is 13.3. The number of phenols is 1. The fourth-order valence-electron chi connectivity index (χ4n) is 3.12. The second-order valence-corrected chi connectivity index (χ2v) is 6.62. The van der Waals surface area contributed by atoms with Gasteiger partial charge in [-0.05, 0) is 41.3 Å². The average Bonchev–Trinajstić information content (AvgIpc) is 2.76. The van der Waals surface area contributed by atoms with Crippen molar-refractivity contribution < 1.29 is 14.7 Å². The predicted molar refractivity (Wildman–Crippen MR) is 116 cm³/mol. The number of terminal acetylenes is 1. The first-order valence-electron chi connectivity index (χ1n) is 9.25. The maximum absolute atomic E-state index is 13.3. The summed E-state index contributed by atoms with van der Waals surface area (Å²) in [6, 6.07) is 21.0. The topological polar surface area (TPSA) is 95.7 Å². The molecule has 3 rings (SSSR count). The summed E-state index contributed by atoms with van der Waals surface area (Å²) in [6.45, 7) is 0.274. The highest BCUT2D eigenvalue weighted by Gasteiger charge is 2.32. The first-order valence-corrected chi connectivity index (χ1v) is 9.25. The van der Waals surface area contributed by atoms with Crippen LogP contribution in [0.3, 0.4) is 0 Å². The molecule has 4 N–H and O–H groups in total. The van der Waals surface area contributed by atoms with Crippen LogP contribution in [0, 0.1) is 12.3 Å². The highest BCUT2D eigenvalue weighted by Crippen LogP contribution is 2.31. The minimum Gasteiger partial charge on any atom is -0.508 e. The second kappa shape index (κ2) is 9.30. The summed E-state index contributed by atoms with van der Waals surface area (Å²) in [4.78, 5) is 27.1. The van der Waals surface area contributed by atoms with Gasteiger partial charge in [0.1, 0.15) is 11.8 Å². The van der Waals surface area contributed by atoms with Crippen LogP contribution in [0.1, 0.15) is 17.2 Å². The molecule has 150 valence electrons. The van der Waals surface area contributed by atoms with E-state index in [1.165, 1.54) is 17.0 Å². The van der Waals surface area contributed by atoms with Gasteiger partial charge in [0.25, 0.3) is 0 Å². The number of anilines is 2. The number of nitrogen functional groups attached to an aromatic ring is 1. The molecule has 0 spiro atoms. The van der Waals surface area contributed by atoms with Crippen LogP contribution in [0.15, 0.2) is 78.9 Å². The molecule has 0 heterocycles. The number of benzene rings is 3. The van der Waals surface area contributed by atoms with Crippen LogP contribution in [-0.4, -0.2) is 16.9 Å². The lowest BCUT2D eigenvalue weighted by Crippen LogP contribution is -2.43. The van der Waals surface area contributed by atoms with E-state index in [0.717, 1.165) is 5.56 Å². The minimum atomic E-state index is -1.08. The molecule has 1 unspecified atom stereocenters. The van der Waals surface area contributed by atoms with E-state index in [1.54, 1.807) is 36.4 Å². The lowest BCUT2D eigenvalue weighted by atomic mass is 10.0. The van der Waals surface area contributed by atoms with Crippen LogP contribution in [0.25, 0.3) is 0 Å². The molecule has 0 aliphatic rings. The summed E-state index contributed by atoms with van der Waals surface area (Å²) in [5.41, 5.74) is 8.05. The monoisotopic (exact) mass is 399 g/mol. The van der Waals surface area contributed by atoms with Crippen molar-refractivity contribution in [2.24, 2.45) is 0 Å². The van der Waals surface area contributed by atoms with E-state index < -0.39 is 17.9 Å². The molecular weight excluding hydrogens is 378 g/mol. The van der Waals surface area contributed by atoms with Crippen LogP contribution in [0.4, 0.5) is 11.4 Å². The molecule has 1 atom stereocenters. The Kier molecular flexibility index (Phi) is 6.36. The van der Waals surface area contributed by atoms with E-state index >= 15 is 0 Å². The van der Waals surface area contributed by atoms with Crippen molar-refractivity contribution in [1.82, 2.24) is 5.32 Å². The van der Waals surface area contributed by atoms with Crippen molar-refractivity contribution in [1.29, 1.82) is 0 Å². The number of carbonyl (C=O) groups excluding carboxylic acids is 2. The molecule has 6 nitrogen and oxygen atoms in total. The Bertz CT molecular complexity index is 1090. The first-order chi connectivity index (χ1) is 14.5. The fraction of sp³-hybridized carbons (Fsp3) is 0.0833. The number of nitrogens with zero attached hydrogens (tertiary/aromatic N) is 1. The molecule has 3 aromatic carbocycles. The van der Waals surface area contributed by atoms with Gasteiger partial charge in [0.05, 0.1) is 0 Å². The van der Waals surface area contributed by atoms with Gasteiger partial charge in [-0.15, -0.1) is 6.42 Å². The summed E-state index contributed by atoms with van der Waals surface area (Å²) in [7, 11) is 0. The van der Waals surface area contributed by atoms with E-state index in [9.17, 15) is 14.7 Å². The van der Waals surface area contributed by atoms with Crippen molar-refractivity contribution in [2.45, 2.75) is 12.6 Å². The number of carbonyl (C=O) groups is 2. The quantitative estimate of drug-likeness (QED) is 0.439. The number of rotatable bonds is 6. The number of hydrogen-bond acceptors (Lipinski definition) is 4. The molecule has 0 bridgehead atoms. The minimum absolute atomic E-state index is 0.0571. The molecule has 6 heteroatoms. The molecule has 0 radical (unpaired) electrons. The third-order valence-electron chi connectivity index (χ3n) is 4.49. The lowest BCUT2D eigenvalue weighted by Gasteiger charge is -2.30.